The summed E-state index contributed by atoms with van der Waals surface area (Å²) >= 11 is 0. The van der Waals surface area contributed by atoms with Crippen molar-refractivity contribution in [3.8, 4) is 0 Å². The number of ether oxygens (including phenoxy) is 2. The second kappa shape index (κ2) is 9.14. The Bertz CT molecular complexity index is 928. The lowest BCUT2D eigenvalue weighted by molar-refractivity contribution is -0.138. The van der Waals surface area contributed by atoms with Crippen molar-refractivity contribution in [3.63, 3.8) is 0 Å². The molecule has 7 heteroatoms. The summed E-state index contributed by atoms with van der Waals surface area (Å²) in [5, 5.41) is 0. The summed E-state index contributed by atoms with van der Waals surface area (Å²) in [7, 11) is -3.51. The topological polar surface area (TPSA) is 72.9 Å². The highest BCUT2D eigenvalue weighted by atomic mass is 32.2. The fraction of sp³-hybridized carbons (Fsp3) is 0.286. The minimum atomic E-state index is -3.51. The fourth-order valence-electron chi connectivity index (χ4n) is 2.74. The predicted octanol–water partition coefficient (Wildman–Crippen LogP) is 2.77. The number of sulfonamides is 1. The van der Waals surface area contributed by atoms with Gasteiger partial charge >= 0.3 is 5.97 Å². The molecule has 2 aromatic rings. The molecule has 148 valence electrons. The van der Waals surface area contributed by atoms with Gasteiger partial charge in [0.2, 0.25) is 10.0 Å². The van der Waals surface area contributed by atoms with E-state index in [1.54, 1.807) is 30.3 Å². The van der Waals surface area contributed by atoms with E-state index < -0.39 is 16.0 Å². The first kappa shape index (κ1) is 20.3. The van der Waals surface area contributed by atoms with Gasteiger partial charge in [-0.1, -0.05) is 42.0 Å². The van der Waals surface area contributed by atoms with E-state index in [4.69, 9.17) is 9.47 Å². The number of carbonyl (C=O) groups is 1. The molecule has 1 aliphatic rings. The third kappa shape index (κ3) is 5.28. The van der Waals surface area contributed by atoms with Crippen LogP contribution in [0.5, 0.6) is 0 Å². The molecule has 1 saturated heterocycles. The van der Waals surface area contributed by atoms with Gasteiger partial charge in [-0.25, -0.2) is 13.2 Å². The molecule has 0 aliphatic carbocycles. The van der Waals surface area contributed by atoms with E-state index in [-0.39, 0.29) is 11.5 Å². The van der Waals surface area contributed by atoms with Gasteiger partial charge in [0.1, 0.15) is 6.61 Å². The molecule has 2 aromatic carbocycles. The highest BCUT2D eigenvalue weighted by molar-refractivity contribution is 7.89. The highest BCUT2D eigenvalue weighted by Gasteiger charge is 2.25. The van der Waals surface area contributed by atoms with Crippen LogP contribution in [0.3, 0.4) is 0 Å². The maximum Gasteiger partial charge on any atom is 0.331 e. The molecule has 0 amide bonds. The van der Waals surface area contributed by atoms with E-state index in [9.17, 15) is 13.2 Å². The maximum absolute atomic E-state index is 12.6. The number of esters is 1. The van der Waals surface area contributed by atoms with Gasteiger partial charge in [-0.15, -0.1) is 0 Å². The molecule has 0 radical (unpaired) electrons. The van der Waals surface area contributed by atoms with Gasteiger partial charge in [0.15, 0.2) is 0 Å². The van der Waals surface area contributed by atoms with Crippen molar-refractivity contribution in [3.05, 3.63) is 71.3 Å². The van der Waals surface area contributed by atoms with Gasteiger partial charge in [0, 0.05) is 19.2 Å². The Hall–Kier alpha value is -2.48. The molecule has 0 N–H and O–H groups in total. The number of aryl methyl sites for hydroxylation is 1. The summed E-state index contributed by atoms with van der Waals surface area (Å²) in [6, 6.07) is 14.2. The zero-order chi connectivity index (χ0) is 20.0. The molecular weight excluding hydrogens is 378 g/mol. The average Bonchev–Trinajstić information content (AvgIpc) is 2.73. The minimum absolute atomic E-state index is 0.209. The smallest absolute Gasteiger partial charge is 0.331 e. The van der Waals surface area contributed by atoms with Crippen LogP contribution in [-0.4, -0.2) is 45.0 Å². The van der Waals surface area contributed by atoms with Gasteiger partial charge in [0.05, 0.1) is 18.1 Å². The van der Waals surface area contributed by atoms with Crippen LogP contribution in [0.15, 0.2) is 59.5 Å². The van der Waals surface area contributed by atoms with Crippen molar-refractivity contribution in [2.24, 2.45) is 0 Å². The molecule has 0 spiro atoms. The van der Waals surface area contributed by atoms with Crippen LogP contribution in [0.4, 0.5) is 0 Å². The summed E-state index contributed by atoms with van der Waals surface area (Å²) in [6.07, 6.45) is 2.93. The zero-order valence-electron chi connectivity index (χ0n) is 15.7. The molecule has 1 aliphatic heterocycles. The Morgan fingerprint density at radius 3 is 2.36 bits per heavy atom. The van der Waals surface area contributed by atoms with E-state index >= 15 is 0 Å². The molecule has 0 saturated carbocycles. The number of rotatable bonds is 6. The first-order valence-corrected chi connectivity index (χ1v) is 10.5. The van der Waals surface area contributed by atoms with Crippen molar-refractivity contribution in [2.75, 3.05) is 26.3 Å². The quantitative estimate of drug-likeness (QED) is 0.550. The second-order valence-corrected chi connectivity index (χ2v) is 8.45. The highest BCUT2D eigenvalue weighted by Crippen LogP contribution is 2.18. The SMILES string of the molecule is Cc1ccc(COC(=O)/C=C/c2ccc(S(=O)(=O)N3CCOCC3)cc2)cc1. The van der Waals surface area contributed by atoms with E-state index in [0.717, 1.165) is 11.1 Å². The Balaban J connectivity index is 1.57. The van der Waals surface area contributed by atoms with Crippen LogP contribution in [0.2, 0.25) is 0 Å². The van der Waals surface area contributed by atoms with Crippen LogP contribution in [0.1, 0.15) is 16.7 Å². The molecular formula is C21H23NO5S. The Morgan fingerprint density at radius 1 is 1.07 bits per heavy atom. The number of morpholine rings is 1. The number of carbonyl (C=O) groups excluding carboxylic acids is 1. The summed E-state index contributed by atoms with van der Waals surface area (Å²) in [6.45, 7) is 3.74. The summed E-state index contributed by atoms with van der Waals surface area (Å²) in [5.41, 5.74) is 2.78. The van der Waals surface area contributed by atoms with Crippen LogP contribution in [0.25, 0.3) is 6.08 Å². The minimum Gasteiger partial charge on any atom is -0.458 e. The van der Waals surface area contributed by atoms with E-state index in [2.05, 4.69) is 0 Å². The van der Waals surface area contributed by atoms with E-state index in [0.29, 0.717) is 31.9 Å². The molecule has 1 fully saturated rings. The fourth-order valence-corrected chi connectivity index (χ4v) is 4.15. The molecule has 28 heavy (non-hydrogen) atoms. The zero-order valence-corrected chi connectivity index (χ0v) is 16.5. The normalized spacial score (nSPS) is 15.6. The van der Waals surface area contributed by atoms with Crippen molar-refractivity contribution < 1.29 is 22.7 Å². The van der Waals surface area contributed by atoms with E-state index in [1.165, 1.54) is 10.4 Å². The maximum atomic E-state index is 12.6. The number of nitrogens with zero attached hydrogens (tertiary/aromatic N) is 1. The summed E-state index contributed by atoms with van der Waals surface area (Å²) in [5.74, 6) is -0.453. The second-order valence-electron chi connectivity index (χ2n) is 6.51. The third-order valence-corrected chi connectivity index (χ3v) is 6.31. The summed E-state index contributed by atoms with van der Waals surface area (Å²) in [4.78, 5) is 12.1. The lowest BCUT2D eigenvalue weighted by Crippen LogP contribution is -2.40. The van der Waals surface area contributed by atoms with Gasteiger partial charge in [-0.05, 0) is 36.3 Å². The van der Waals surface area contributed by atoms with E-state index in [1.807, 2.05) is 31.2 Å². The Morgan fingerprint density at radius 2 is 1.71 bits per heavy atom. The number of benzene rings is 2. The van der Waals surface area contributed by atoms with Crippen molar-refractivity contribution in [2.45, 2.75) is 18.4 Å². The molecule has 0 atom stereocenters. The summed E-state index contributed by atoms with van der Waals surface area (Å²) < 4.78 is 37.0. The van der Waals surface area contributed by atoms with Gasteiger partial charge < -0.3 is 9.47 Å². The van der Waals surface area contributed by atoms with Crippen molar-refractivity contribution >= 4 is 22.1 Å². The largest absolute Gasteiger partial charge is 0.458 e. The molecule has 6 nitrogen and oxygen atoms in total. The third-order valence-electron chi connectivity index (χ3n) is 4.40. The van der Waals surface area contributed by atoms with Crippen LogP contribution in [-0.2, 0) is 30.9 Å². The van der Waals surface area contributed by atoms with Crippen LogP contribution >= 0.6 is 0 Å². The first-order chi connectivity index (χ1) is 13.4. The van der Waals surface area contributed by atoms with Gasteiger partial charge in [-0.2, -0.15) is 4.31 Å². The molecule has 3 rings (SSSR count). The standard InChI is InChI=1S/C21H23NO5S/c1-17-2-4-19(5-3-17)16-27-21(23)11-8-18-6-9-20(10-7-18)28(24,25)22-12-14-26-15-13-22/h2-11H,12-16H2,1H3/b11-8+. The van der Waals surface area contributed by atoms with Crippen molar-refractivity contribution in [1.82, 2.24) is 4.31 Å². The molecule has 0 aromatic heterocycles. The van der Waals surface area contributed by atoms with Crippen molar-refractivity contribution in [1.29, 1.82) is 0 Å². The Labute approximate surface area is 165 Å². The lowest BCUT2D eigenvalue weighted by Gasteiger charge is -2.26. The molecule has 0 unspecified atom stereocenters. The predicted molar refractivity (Wildman–Crippen MR) is 106 cm³/mol. The molecule has 1 heterocycles. The first-order valence-electron chi connectivity index (χ1n) is 9.03. The Kier molecular flexibility index (Phi) is 6.61. The number of hydrogen-bond acceptors (Lipinski definition) is 5. The number of hydrogen-bond donors (Lipinski definition) is 0. The lowest BCUT2D eigenvalue weighted by atomic mass is 10.2. The monoisotopic (exact) mass is 401 g/mol. The average molecular weight is 401 g/mol. The van der Waals surface area contributed by atoms with Crippen LogP contribution < -0.4 is 0 Å². The van der Waals surface area contributed by atoms with Gasteiger partial charge in [-0.3, -0.25) is 0 Å². The van der Waals surface area contributed by atoms with Gasteiger partial charge in [0.25, 0.3) is 0 Å². The van der Waals surface area contributed by atoms with Crippen LogP contribution in [0, 0.1) is 6.92 Å². The molecule has 0 bridgehead atoms.